The summed E-state index contributed by atoms with van der Waals surface area (Å²) < 4.78 is 25.3. The molecule has 0 aliphatic carbocycles. The van der Waals surface area contributed by atoms with Gasteiger partial charge in [0.2, 0.25) is 0 Å². The van der Waals surface area contributed by atoms with Crippen LogP contribution in [0, 0.1) is 0 Å². The van der Waals surface area contributed by atoms with Crippen molar-refractivity contribution in [1.82, 2.24) is 0 Å². The molecule has 0 aromatic carbocycles. The van der Waals surface area contributed by atoms with Gasteiger partial charge in [0, 0.05) is 0 Å². The average Bonchev–Trinajstić information content (AvgIpc) is 1.82. The summed E-state index contributed by atoms with van der Waals surface area (Å²) in [5, 5.41) is 15.8. The van der Waals surface area contributed by atoms with Crippen molar-refractivity contribution in [2.24, 2.45) is 0 Å². The Balaban J connectivity index is -0.0000000733. The van der Waals surface area contributed by atoms with Crippen molar-refractivity contribution in [1.29, 1.82) is 0 Å². The Morgan fingerprint density at radius 3 is 1.21 bits per heavy atom. The van der Waals surface area contributed by atoms with E-state index < -0.39 is 23.3 Å². The van der Waals surface area contributed by atoms with E-state index in [1.807, 2.05) is 0 Å². The van der Waals surface area contributed by atoms with Crippen LogP contribution in [0.2, 0.25) is 0 Å². The number of carboxylic acids is 2. The molecule has 7 nitrogen and oxygen atoms in total. The number of hydrogen-bond acceptors (Lipinski definition) is 5. The van der Waals surface area contributed by atoms with Crippen molar-refractivity contribution in [3.63, 3.8) is 0 Å². The summed E-state index contributed by atoms with van der Waals surface area (Å²) >= 11 is -3.11. The Hall–Kier alpha value is 1.01. The molecule has 0 spiro atoms. The maximum absolute atomic E-state index is 9.64. The normalized spacial score (nSPS) is 7.36. The third-order valence-corrected chi connectivity index (χ3v) is 0.553. The molecule has 0 unspecified atom stereocenters. The van der Waals surface area contributed by atoms with Gasteiger partial charge in [-0.2, -0.15) is 0 Å². The van der Waals surface area contributed by atoms with Crippen molar-refractivity contribution < 1.29 is 92.2 Å². The molecule has 0 aromatic heterocycles. The van der Waals surface area contributed by atoms with Gasteiger partial charge in [0.15, 0.2) is 0 Å². The summed E-state index contributed by atoms with van der Waals surface area (Å²) in [5.41, 5.74) is 0. The van der Waals surface area contributed by atoms with E-state index in [1.165, 1.54) is 0 Å². The fraction of sp³-hybridized carbons (Fsp3) is 0.500. The summed E-state index contributed by atoms with van der Waals surface area (Å²) in [5.74, 6) is -2.15. The molecule has 0 saturated carbocycles. The smallest absolute Gasteiger partial charge is 0.784 e. The summed E-state index contributed by atoms with van der Waals surface area (Å²) in [4.78, 5) is 19.3. The minimum atomic E-state index is -3.11. The van der Waals surface area contributed by atoms with Crippen molar-refractivity contribution in [3.8, 4) is 0 Å². The largest absolute Gasteiger partial charge is 1.00 e. The molecule has 0 bridgehead atoms. The Bertz CT molecular complexity index is 167. The Kier molecular flexibility index (Phi) is 28.5. The molecule has 2 N–H and O–H groups in total. The fourth-order valence-electron chi connectivity index (χ4n) is 0.214. The SMILES string of the molecule is O=C(O)CCC(=O)O.O=S([O-])[O-].[Na+].[Na+]. The van der Waals surface area contributed by atoms with E-state index in [-0.39, 0.29) is 72.0 Å². The molecule has 72 valence electrons. The van der Waals surface area contributed by atoms with Crippen LogP contribution in [0.3, 0.4) is 0 Å². The molecule has 10 heteroatoms. The number of carbonyl (C=O) groups is 2. The van der Waals surface area contributed by atoms with Crippen LogP contribution in [-0.2, 0) is 21.0 Å². The minimum Gasteiger partial charge on any atom is -0.784 e. The van der Waals surface area contributed by atoms with Crippen LogP contribution >= 0.6 is 0 Å². The number of rotatable bonds is 3. The maximum atomic E-state index is 9.64. The van der Waals surface area contributed by atoms with E-state index >= 15 is 0 Å². The zero-order valence-electron chi connectivity index (χ0n) is 7.76. The Morgan fingerprint density at radius 1 is 1.00 bits per heavy atom. The first-order valence-electron chi connectivity index (χ1n) is 2.56. The molecule has 0 aromatic rings. The summed E-state index contributed by atoms with van der Waals surface area (Å²) in [6.07, 6.45) is -0.593. The number of aliphatic carboxylic acids is 2. The van der Waals surface area contributed by atoms with Gasteiger partial charge < -0.3 is 19.3 Å². The molecular formula is C4H6Na2O7S. The van der Waals surface area contributed by atoms with E-state index in [9.17, 15) is 9.59 Å². The van der Waals surface area contributed by atoms with Crippen molar-refractivity contribution in [2.75, 3.05) is 0 Å². The van der Waals surface area contributed by atoms with Crippen LogP contribution in [0.5, 0.6) is 0 Å². The Labute approximate surface area is 127 Å². The molecule has 0 aliphatic rings. The molecule has 0 atom stereocenters. The van der Waals surface area contributed by atoms with Crippen LogP contribution in [0.25, 0.3) is 0 Å². The fourth-order valence-corrected chi connectivity index (χ4v) is 0.214. The molecule has 0 radical (unpaired) electrons. The van der Waals surface area contributed by atoms with Gasteiger partial charge in [-0.25, -0.2) is 0 Å². The van der Waals surface area contributed by atoms with Crippen LogP contribution < -0.4 is 59.1 Å². The van der Waals surface area contributed by atoms with Crippen LogP contribution in [0.15, 0.2) is 0 Å². The van der Waals surface area contributed by atoms with Crippen LogP contribution in [-0.4, -0.2) is 35.5 Å². The zero-order valence-corrected chi connectivity index (χ0v) is 12.6. The number of carboxylic acid groups (broad SMARTS) is 2. The Morgan fingerprint density at radius 2 is 1.14 bits per heavy atom. The van der Waals surface area contributed by atoms with Gasteiger partial charge >= 0.3 is 71.1 Å². The molecule has 0 aliphatic heterocycles. The second-order valence-electron chi connectivity index (χ2n) is 1.49. The molecule has 0 amide bonds. The molecule has 0 fully saturated rings. The summed E-state index contributed by atoms with van der Waals surface area (Å²) in [6.45, 7) is 0. The maximum Gasteiger partial charge on any atom is 1.00 e. The van der Waals surface area contributed by atoms with Crippen molar-refractivity contribution in [3.05, 3.63) is 0 Å². The van der Waals surface area contributed by atoms with Crippen molar-refractivity contribution in [2.45, 2.75) is 12.8 Å². The monoisotopic (exact) mass is 244 g/mol. The van der Waals surface area contributed by atoms with Crippen molar-refractivity contribution >= 4 is 23.3 Å². The van der Waals surface area contributed by atoms with E-state index in [4.69, 9.17) is 23.5 Å². The van der Waals surface area contributed by atoms with Gasteiger partial charge in [0.1, 0.15) is 0 Å². The van der Waals surface area contributed by atoms with Crippen LogP contribution in [0.4, 0.5) is 0 Å². The first kappa shape index (κ1) is 24.3. The standard InChI is InChI=1S/C4H6O4.2Na.H2O3S/c5-3(6)1-2-4(7)8;;;1-4(2)3/h1-2H2,(H,5,6)(H,7,8);;;(H2,1,2,3)/q;2*+1;/p-2. The average molecular weight is 244 g/mol. The molecule has 0 rings (SSSR count). The minimum absolute atomic E-state index is 0. The predicted molar refractivity (Wildman–Crippen MR) is 34.2 cm³/mol. The van der Waals surface area contributed by atoms with E-state index in [1.54, 1.807) is 0 Å². The van der Waals surface area contributed by atoms with Gasteiger partial charge in [0.05, 0.1) is 12.8 Å². The first-order valence-corrected chi connectivity index (χ1v) is 3.56. The third kappa shape index (κ3) is 52.0. The van der Waals surface area contributed by atoms with E-state index in [0.717, 1.165) is 0 Å². The third-order valence-electron chi connectivity index (χ3n) is 0.553. The van der Waals surface area contributed by atoms with Gasteiger partial charge in [-0.1, -0.05) is 0 Å². The number of hydrogen-bond donors (Lipinski definition) is 2. The van der Waals surface area contributed by atoms with Crippen LogP contribution in [0.1, 0.15) is 12.8 Å². The first-order chi connectivity index (χ1) is 5.36. The molecule has 14 heavy (non-hydrogen) atoms. The molecule has 0 heterocycles. The van der Waals surface area contributed by atoms with Gasteiger partial charge in [-0.15, -0.1) is 11.4 Å². The zero-order chi connectivity index (χ0) is 10.1. The van der Waals surface area contributed by atoms with E-state index in [0.29, 0.717) is 0 Å². The van der Waals surface area contributed by atoms with Gasteiger partial charge in [-0.3, -0.25) is 13.8 Å². The molecular weight excluding hydrogens is 238 g/mol. The second-order valence-corrected chi connectivity index (χ2v) is 1.90. The van der Waals surface area contributed by atoms with Gasteiger partial charge in [-0.05, 0) is 0 Å². The molecule has 0 saturated heterocycles. The second kappa shape index (κ2) is 16.4. The van der Waals surface area contributed by atoms with Gasteiger partial charge in [0.25, 0.3) is 0 Å². The summed E-state index contributed by atoms with van der Waals surface area (Å²) in [7, 11) is 0. The predicted octanol–water partition coefficient (Wildman–Crippen LogP) is -7.06. The topological polar surface area (TPSA) is 138 Å². The summed E-state index contributed by atoms with van der Waals surface area (Å²) in [6, 6.07) is 0. The van der Waals surface area contributed by atoms with E-state index in [2.05, 4.69) is 0 Å². The quantitative estimate of drug-likeness (QED) is 0.371.